The predicted octanol–water partition coefficient (Wildman–Crippen LogP) is 3.65. The number of aromatic nitrogens is 2. The second kappa shape index (κ2) is 7.70. The van der Waals surface area contributed by atoms with Crippen molar-refractivity contribution in [2.45, 2.75) is 30.3 Å². The van der Waals surface area contributed by atoms with Crippen LogP contribution in [0.15, 0.2) is 47.4 Å². The second-order valence-electron chi connectivity index (χ2n) is 8.06. The highest BCUT2D eigenvalue weighted by atomic mass is 32.2. The molecule has 5 rings (SSSR count). The highest BCUT2D eigenvalue weighted by Crippen LogP contribution is 2.33. The Kier molecular flexibility index (Phi) is 5.09. The molecule has 0 saturated carbocycles. The lowest BCUT2D eigenvalue weighted by Gasteiger charge is -2.35. The van der Waals surface area contributed by atoms with E-state index in [2.05, 4.69) is 9.97 Å². The number of halogens is 3. The average Bonchev–Trinajstić information content (AvgIpc) is 3.26. The molecule has 2 heterocycles. The van der Waals surface area contributed by atoms with Crippen molar-refractivity contribution in [3.63, 3.8) is 0 Å². The molecule has 0 atom stereocenters. The standard InChI is InChI=1S/C22H21F3N4O2S/c23-22(24,25)21-26-19-7-2-1-6-18(19)20(27-21)28-10-12-29(13-11-28)32(30,31)17-9-8-15-4-3-5-16(15)14-17/h1-2,6-9,14H,3-5,10-13H2. The number of rotatable bonds is 3. The van der Waals surface area contributed by atoms with E-state index in [0.29, 0.717) is 5.39 Å². The van der Waals surface area contributed by atoms with Crippen LogP contribution in [0, 0.1) is 0 Å². The molecule has 0 N–H and O–H groups in total. The lowest BCUT2D eigenvalue weighted by molar-refractivity contribution is -0.144. The van der Waals surface area contributed by atoms with Crippen molar-refractivity contribution in [1.29, 1.82) is 0 Å². The summed E-state index contributed by atoms with van der Waals surface area (Å²) in [6, 6.07) is 11.8. The molecule has 1 aromatic heterocycles. The lowest BCUT2D eigenvalue weighted by Crippen LogP contribution is -2.49. The van der Waals surface area contributed by atoms with Gasteiger partial charge in [-0.3, -0.25) is 0 Å². The van der Waals surface area contributed by atoms with Crippen molar-refractivity contribution in [2.24, 2.45) is 0 Å². The first-order valence-electron chi connectivity index (χ1n) is 10.4. The van der Waals surface area contributed by atoms with Gasteiger partial charge in [0.25, 0.3) is 0 Å². The monoisotopic (exact) mass is 462 g/mol. The number of fused-ring (bicyclic) bond motifs is 2. The molecule has 0 amide bonds. The van der Waals surface area contributed by atoms with Crippen molar-refractivity contribution in [3.05, 3.63) is 59.4 Å². The number of anilines is 1. The summed E-state index contributed by atoms with van der Waals surface area (Å²) in [5, 5.41) is 0.510. The first kappa shape index (κ1) is 21.1. The number of hydrogen-bond acceptors (Lipinski definition) is 5. The Labute approximate surface area is 183 Å². The molecule has 10 heteroatoms. The third-order valence-electron chi connectivity index (χ3n) is 6.08. The maximum atomic E-state index is 13.3. The molecule has 1 saturated heterocycles. The molecule has 3 aromatic rings. The van der Waals surface area contributed by atoms with Crippen molar-refractivity contribution in [2.75, 3.05) is 31.1 Å². The fourth-order valence-corrected chi connectivity index (χ4v) is 5.90. The van der Waals surface area contributed by atoms with Crippen LogP contribution >= 0.6 is 0 Å². The number of para-hydroxylation sites is 1. The Bertz CT molecular complexity index is 1290. The zero-order chi connectivity index (χ0) is 22.5. The van der Waals surface area contributed by atoms with Crippen molar-refractivity contribution >= 4 is 26.7 Å². The Morgan fingerprint density at radius 3 is 2.34 bits per heavy atom. The van der Waals surface area contributed by atoms with Gasteiger partial charge in [0, 0.05) is 31.6 Å². The highest BCUT2D eigenvalue weighted by Gasteiger charge is 2.37. The molecule has 2 aromatic carbocycles. The molecule has 1 aliphatic carbocycles. The molecule has 0 unspecified atom stereocenters. The molecule has 0 radical (unpaired) electrons. The first-order chi connectivity index (χ1) is 15.2. The summed E-state index contributed by atoms with van der Waals surface area (Å²) >= 11 is 0. The van der Waals surface area contributed by atoms with E-state index in [9.17, 15) is 21.6 Å². The molecule has 168 valence electrons. The lowest BCUT2D eigenvalue weighted by atomic mass is 10.1. The first-order valence-corrected chi connectivity index (χ1v) is 11.9. The van der Waals surface area contributed by atoms with Crippen LogP contribution in [0.4, 0.5) is 19.0 Å². The van der Waals surface area contributed by atoms with E-state index in [1.807, 2.05) is 6.07 Å². The van der Waals surface area contributed by atoms with Crippen LogP contribution in [-0.4, -0.2) is 48.9 Å². The molecule has 0 spiro atoms. The Hall–Kier alpha value is -2.72. The summed E-state index contributed by atoms with van der Waals surface area (Å²) in [5.74, 6) is -1.02. The minimum atomic E-state index is -4.67. The SMILES string of the molecule is O=S(=O)(c1ccc2c(c1)CCC2)N1CCN(c2nc(C(F)(F)F)nc3ccccc23)CC1. The fraction of sp³-hybridized carbons (Fsp3) is 0.364. The highest BCUT2D eigenvalue weighted by molar-refractivity contribution is 7.89. The van der Waals surface area contributed by atoms with Gasteiger partial charge in [0.15, 0.2) is 0 Å². The van der Waals surface area contributed by atoms with E-state index in [4.69, 9.17) is 0 Å². The zero-order valence-electron chi connectivity index (χ0n) is 17.1. The van der Waals surface area contributed by atoms with Crippen LogP contribution in [0.2, 0.25) is 0 Å². The molecule has 1 aliphatic heterocycles. The van der Waals surface area contributed by atoms with Crippen LogP contribution in [0.25, 0.3) is 10.9 Å². The van der Waals surface area contributed by atoms with E-state index >= 15 is 0 Å². The van der Waals surface area contributed by atoms with Crippen molar-refractivity contribution in [3.8, 4) is 0 Å². The van der Waals surface area contributed by atoms with Gasteiger partial charge in [-0.05, 0) is 54.7 Å². The van der Waals surface area contributed by atoms with Crippen LogP contribution in [-0.2, 0) is 29.0 Å². The van der Waals surface area contributed by atoms with Gasteiger partial charge >= 0.3 is 6.18 Å². The summed E-state index contributed by atoms with van der Waals surface area (Å²) in [7, 11) is -3.67. The smallest absolute Gasteiger partial charge is 0.353 e. The van der Waals surface area contributed by atoms with Gasteiger partial charge < -0.3 is 4.90 Å². The van der Waals surface area contributed by atoms with Crippen molar-refractivity contribution < 1.29 is 21.6 Å². The van der Waals surface area contributed by atoms with E-state index in [0.717, 1.165) is 24.8 Å². The fourth-order valence-electron chi connectivity index (χ4n) is 4.43. The Morgan fingerprint density at radius 1 is 0.875 bits per heavy atom. The third kappa shape index (κ3) is 3.71. The number of alkyl halides is 3. The van der Waals surface area contributed by atoms with E-state index in [1.165, 1.54) is 15.9 Å². The number of nitrogens with zero attached hydrogens (tertiary/aromatic N) is 4. The minimum Gasteiger partial charge on any atom is -0.353 e. The number of sulfonamides is 1. The van der Waals surface area contributed by atoms with Gasteiger partial charge in [0.2, 0.25) is 15.8 Å². The van der Waals surface area contributed by atoms with Crippen molar-refractivity contribution in [1.82, 2.24) is 14.3 Å². The topological polar surface area (TPSA) is 66.4 Å². The molecule has 6 nitrogen and oxygen atoms in total. The molecular weight excluding hydrogens is 441 g/mol. The largest absolute Gasteiger partial charge is 0.451 e. The van der Waals surface area contributed by atoms with E-state index in [-0.39, 0.29) is 42.4 Å². The molecule has 0 bridgehead atoms. The van der Waals surface area contributed by atoms with Crippen LogP contribution in [0.5, 0.6) is 0 Å². The average molecular weight is 462 g/mol. The summed E-state index contributed by atoms with van der Waals surface area (Å²) in [5.41, 5.74) is 2.49. The van der Waals surface area contributed by atoms with E-state index in [1.54, 1.807) is 35.2 Å². The van der Waals surface area contributed by atoms with Crippen LogP contribution in [0.1, 0.15) is 23.4 Å². The quantitative estimate of drug-likeness (QED) is 0.595. The van der Waals surface area contributed by atoms with E-state index < -0.39 is 22.0 Å². The van der Waals surface area contributed by atoms with Gasteiger partial charge in [0.1, 0.15) is 5.82 Å². The number of aryl methyl sites for hydroxylation is 2. The second-order valence-corrected chi connectivity index (χ2v) is 10.00. The number of piperazine rings is 1. The van der Waals surface area contributed by atoms with Gasteiger partial charge in [-0.15, -0.1) is 0 Å². The molecule has 32 heavy (non-hydrogen) atoms. The van der Waals surface area contributed by atoms with Gasteiger partial charge in [-0.2, -0.15) is 17.5 Å². The van der Waals surface area contributed by atoms with Gasteiger partial charge in [-0.1, -0.05) is 18.2 Å². The maximum Gasteiger partial charge on any atom is 0.451 e. The summed E-state index contributed by atoms with van der Waals surface area (Å²) in [6.45, 7) is 0.809. The minimum absolute atomic E-state index is 0.166. The maximum absolute atomic E-state index is 13.3. The molecule has 2 aliphatic rings. The predicted molar refractivity (Wildman–Crippen MR) is 114 cm³/mol. The summed E-state index contributed by atoms with van der Waals surface area (Å²) in [6.07, 6.45) is -1.78. The summed E-state index contributed by atoms with van der Waals surface area (Å²) in [4.78, 5) is 9.44. The summed E-state index contributed by atoms with van der Waals surface area (Å²) < 4.78 is 67.7. The van der Waals surface area contributed by atoms with Gasteiger partial charge in [0.05, 0.1) is 10.4 Å². The third-order valence-corrected chi connectivity index (χ3v) is 7.98. The normalized spacial score (nSPS) is 17.7. The number of benzene rings is 2. The van der Waals surface area contributed by atoms with Crippen LogP contribution < -0.4 is 4.90 Å². The Morgan fingerprint density at radius 2 is 1.59 bits per heavy atom. The molecular formula is C22H21F3N4O2S. The Balaban J connectivity index is 1.41. The number of hydrogen-bond donors (Lipinski definition) is 0. The molecule has 1 fully saturated rings. The zero-order valence-corrected chi connectivity index (χ0v) is 18.0. The van der Waals surface area contributed by atoms with Crippen LogP contribution in [0.3, 0.4) is 0 Å². The van der Waals surface area contributed by atoms with Gasteiger partial charge in [-0.25, -0.2) is 18.4 Å².